The SMILES string of the molecule is N#Cc1cc(Br)ccc1NC(=O)c1ccc(I)c(Cl)c1. The van der Waals surface area contributed by atoms with Gasteiger partial charge in [-0.25, -0.2) is 0 Å². The van der Waals surface area contributed by atoms with Crippen LogP contribution in [0.25, 0.3) is 0 Å². The monoisotopic (exact) mass is 460 g/mol. The van der Waals surface area contributed by atoms with Crippen molar-refractivity contribution in [3.8, 4) is 6.07 Å². The fourth-order valence-electron chi connectivity index (χ4n) is 1.55. The molecule has 2 aromatic carbocycles. The second-order valence-electron chi connectivity index (χ2n) is 3.88. The number of hydrogen-bond donors (Lipinski definition) is 1. The van der Waals surface area contributed by atoms with Crippen LogP contribution in [0.1, 0.15) is 15.9 Å². The predicted molar refractivity (Wildman–Crippen MR) is 91.0 cm³/mol. The molecule has 6 heteroatoms. The van der Waals surface area contributed by atoms with Crippen LogP contribution in [0.15, 0.2) is 40.9 Å². The Balaban J connectivity index is 2.28. The molecule has 0 aliphatic carbocycles. The van der Waals surface area contributed by atoms with E-state index in [1.165, 1.54) is 0 Å². The van der Waals surface area contributed by atoms with Crippen LogP contribution in [0.5, 0.6) is 0 Å². The van der Waals surface area contributed by atoms with Crippen LogP contribution in [-0.4, -0.2) is 5.91 Å². The van der Waals surface area contributed by atoms with Crippen molar-refractivity contribution in [1.29, 1.82) is 5.26 Å². The number of nitriles is 1. The molecule has 100 valence electrons. The highest BCUT2D eigenvalue weighted by atomic mass is 127. The molecule has 0 heterocycles. The van der Waals surface area contributed by atoms with Crippen LogP contribution < -0.4 is 5.32 Å². The van der Waals surface area contributed by atoms with Crippen LogP contribution in [0.2, 0.25) is 5.02 Å². The first-order valence-electron chi connectivity index (χ1n) is 5.47. The van der Waals surface area contributed by atoms with E-state index in [9.17, 15) is 4.79 Å². The number of benzene rings is 2. The van der Waals surface area contributed by atoms with Gasteiger partial charge in [-0.05, 0) is 59.0 Å². The maximum atomic E-state index is 12.1. The van der Waals surface area contributed by atoms with E-state index in [4.69, 9.17) is 16.9 Å². The standard InChI is InChI=1S/C14H7BrClIN2O/c15-10-2-4-13(9(5-10)7-18)19-14(20)8-1-3-12(17)11(16)6-8/h1-6H,(H,19,20). The first kappa shape index (κ1) is 15.3. The zero-order valence-corrected chi connectivity index (χ0v) is 14.5. The van der Waals surface area contributed by atoms with Crippen LogP contribution >= 0.6 is 50.1 Å². The van der Waals surface area contributed by atoms with Gasteiger partial charge in [-0.2, -0.15) is 5.26 Å². The summed E-state index contributed by atoms with van der Waals surface area (Å²) in [6.45, 7) is 0. The molecule has 0 aliphatic heterocycles. The average molecular weight is 461 g/mol. The van der Waals surface area contributed by atoms with Crippen LogP contribution in [0.3, 0.4) is 0 Å². The molecule has 0 atom stereocenters. The molecule has 20 heavy (non-hydrogen) atoms. The fourth-order valence-corrected chi connectivity index (χ4v) is 2.43. The van der Waals surface area contributed by atoms with Gasteiger partial charge in [0.15, 0.2) is 0 Å². The first-order valence-corrected chi connectivity index (χ1v) is 7.72. The van der Waals surface area contributed by atoms with Crippen molar-refractivity contribution in [1.82, 2.24) is 0 Å². The van der Waals surface area contributed by atoms with E-state index in [0.29, 0.717) is 21.8 Å². The Morgan fingerprint density at radius 3 is 2.70 bits per heavy atom. The number of nitrogens with one attached hydrogen (secondary N) is 1. The minimum Gasteiger partial charge on any atom is -0.321 e. The smallest absolute Gasteiger partial charge is 0.255 e. The topological polar surface area (TPSA) is 52.9 Å². The third-order valence-electron chi connectivity index (χ3n) is 2.53. The van der Waals surface area contributed by atoms with E-state index in [0.717, 1.165) is 8.04 Å². The van der Waals surface area contributed by atoms with Crippen LogP contribution in [0.4, 0.5) is 5.69 Å². The van der Waals surface area contributed by atoms with E-state index in [2.05, 4.69) is 43.8 Å². The first-order chi connectivity index (χ1) is 9.51. The van der Waals surface area contributed by atoms with Gasteiger partial charge in [-0.15, -0.1) is 0 Å². The second-order valence-corrected chi connectivity index (χ2v) is 6.37. The minimum atomic E-state index is -0.304. The number of rotatable bonds is 2. The lowest BCUT2D eigenvalue weighted by molar-refractivity contribution is 0.102. The Hall–Kier alpha value is -1.10. The molecule has 2 aromatic rings. The van der Waals surface area contributed by atoms with E-state index in [-0.39, 0.29) is 5.91 Å². The van der Waals surface area contributed by atoms with Gasteiger partial charge >= 0.3 is 0 Å². The maximum Gasteiger partial charge on any atom is 0.255 e. The third kappa shape index (κ3) is 3.51. The summed E-state index contributed by atoms with van der Waals surface area (Å²) in [5, 5.41) is 12.3. The van der Waals surface area contributed by atoms with E-state index in [1.807, 2.05) is 6.07 Å². The zero-order valence-electron chi connectivity index (χ0n) is 9.95. The number of nitrogens with zero attached hydrogens (tertiary/aromatic N) is 1. The van der Waals surface area contributed by atoms with Gasteiger partial charge in [0.2, 0.25) is 0 Å². The summed E-state index contributed by atoms with van der Waals surface area (Å²) in [6.07, 6.45) is 0. The normalized spacial score (nSPS) is 9.90. The van der Waals surface area contributed by atoms with Crippen LogP contribution in [-0.2, 0) is 0 Å². The minimum absolute atomic E-state index is 0.304. The van der Waals surface area contributed by atoms with Crippen molar-refractivity contribution in [3.05, 3.63) is 60.6 Å². The van der Waals surface area contributed by atoms with Gasteiger partial charge < -0.3 is 5.32 Å². The molecule has 2 rings (SSSR count). The van der Waals surface area contributed by atoms with Gasteiger partial charge in [0, 0.05) is 13.6 Å². The number of anilines is 1. The van der Waals surface area contributed by atoms with Crippen molar-refractivity contribution in [2.75, 3.05) is 5.32 Å². The Kier molecular flexibility index (Phi) is 5.02. The molecule has 3 nitrogen and oxygen atoms in total. The summed E-state index contributed by atoms with van der Waals surface area (Å²) in [5.74, 6) is -0.304. The summed E-state index contributed by atoms with van der Waals surface area (Å²) in [6, 6.07) is 12.2. The lowest BCUT2D eigenvalue weighted by atomic mass is 10.1. The third-order valence-corrected chi connectivity index (χ3v) is 4.60. The quantitative estimate of drug-likeness (QED) is 0.652. The molecule has 0 spiro atoms. The highest BCUT2D eigenvalue weighted by Gasteiger charge is 2.11. The maximum absolute atomic E-state index is 12.1. The Labute approximate surface area is 143 Å². The lowest BCUT2D eigenvalue weighted by Gasteiger charge is -2.08. The van der Waals surface area contributed by atoms with Crippen molar-refractivity contribution < 1.29 is 4.79 Å². The zero-order chi connectivity index (χ0) is 14.7. The molecule has 0 radical (unpaired) electrons. The van der Waals surface area contributed by atoms with Crippen molar-refractivity contribution >= 4 is 61.7 Å². The summed E-state index contributed by atoms with van der Waals surface area (Å²) in [7, 11) is 0. The number of carbonyl (C=O) groups is 1. The van der Waals surface area contributed by atoms with Crippen molar-refractivity contribution in [2.24, 2.45) is 0 Å². The van der Waals surface area contributed by atoms with Gasteiger partial charge in [0.1, 0.15) is 6.07 Å². The number of carbonyl (C=O) groups excluding carboxylic acids is 1. The highest BCUT2D eigenvalue weighted by Crippen LogP contribution is 2.23. The van der Waals surface area contributed by atoms with Crippen molar-refractivity contribution in [2.45, 2.75) is 0 Å². The summed E-state index contributed by atoms with van der Waals surface area (Å²) in [4.78, 5) is 12.1. The predicted octanol–water partition coefficient (Wildman–Crippen LogP) is 4.83. The van der Waals surface area contributed by atoms with Gasteiger partial charge in [-0.3, -0.25) is 4.79 Å². The van der Waals surface area contributed by atoms with Gasteiger partial charge in [0.05, 0.1) is 16.3 Å². The molecule has 0 unspecified atom stereocenters. The molecule has 0 bridgehead atoms. The van der Waals surface area contributed by atoms with E-state index >= 15 is 0 Å². The largest absolute Gasteiger partial charge is 0.321 e. The summed E-state index contributed by atoms with van der Waals surface area (Å²) < 4.78 is 1.66. The fraction of sp³-hybridized carbons (Fsp3) is 0. The Bertz CT molecular complexity index is 728. The molecular weight excluding hydrogens is 454 g/mol. The molecule has 0 saturated heterocycles. The summed E-state index contributed by atoms with van der Waals surface area (Å²) in [5.41, 5.74) is 1.31. The number of hydrogen-bond acceptors (Lipinski definition) is 2. The molecule has 1 N–H and O–H groups in total. The second kappa shape index (κ2) is 6.57. The average Bonchev–Trinajstić information content (AvgIpc) is 2.43. The van der Waals surface area contributed by atoms with E-state index in [1.54, 1.807) is 36.4 Å². The lowest BCUT2D eigenvalue weighted by Crippen LogP contribution is -2.13. The molecule has 0 aromatic heterocycles. The van der Waals surface area contributed by atoms with E-state index < -0.39 is 0 Å². The molecule has 0 aliphatic rings. The Morgan fingerprint density at radius 2 is 2.05 bits per heavy atom. The summed E-state index contributed by atoms with van der Waals surface area (Å²) >= 11 is 11.4. The Morgan fingerprint density at radius 1 is 1.30 bits per heavy atom. The molecule has 1 amide bonds. The molecular formula is C14H7BrClIN2O. The van der Waals surface area contributed by atoms with Gasteiger partial charge in [-0.1, -0.05) is 27.5 Å². The highest BCUT2D eigenvalue weighted by molar-refractivity contribution is 14.1. The molecule has 0 fully saturated rings. The van der Waals surface area contributed by atoms with Crippen LogP contribution in [0, 0.1) is 14.9 Å². The van der Waals surface area contributed by atoms with Gasteiger partial charge in [0.25, 0.3) is 5.91 Å². The number of amides is 1. The molecule has 0 saturated carbocycles. The van der Waals surface area contributed by atoms with Crippen molar-refractivity contribution in [3.63, 3.8) is 0 Å². The number of halogens is 3.